The molecule has 4 nitrogen and oxygen atoms in total. The van der Waals surface area contributed by atoms with E-state index in [0.29, 0.717) is 12.8 Å². The largest absolute Gasteiger partial charge is 0.408 e. The zero-order chi connectivity index (χ0) is 11.8. The lowest BCUT2D eigenvalue weighted by molar-refractivity contribution is -0.183. The summed E-state index contributed by atoms with van der Waals surface area (Å²) in [4.78, 5) is 0. The molecule has 0 radical (unpaired) electrons. The van der Waals surface area contributed by atoms with Crippen molar-refractivity contribution in [1.82, 2.24) is 10.2 Å². The van der Waals surface area contributed by atoms with Gasteiger partial charge < -0.3 is 10.2 Å². The monoisotopic (exact) mass is 235 g/mol. The molecular formula is C9H12F3N3O. The van der Waals surface area contributed by atoms with Crippen LogP contribution < -0.4 is 5.73 Å². The minimum Gasteiger partial charge on any atom is -0.408 e. The molecule has 0 aliphatic heterocycles. The first kappa shape index (κ1) is 11.2. The number of hydrogen-bond donors (Lipinski definition) is 1. The molecule has 2 rings (SSSR count). The van der Waals surface area contributed by atoms with Crippen molar-refractivity contribution < 1.29 is 17.6 Å². The molecule has 90 valence electrons. The van der Waals surface area contributed by atoms with Gasteiger partial charge in [-0.05, 0) is 19.3 Å². The van der Waals surface area contributed by atoms with Crippen molar-refractivity contribution in [3.05, 3.63) is 5.89 Å². The lowest BCUT2D eigenvalue weighted by atomic mass is 9.81. The number of hydrogen-bond acceptors (Lipinski definition) is 4. The number of rotatable bonds is 1. The average molecular weight is 235 g/mol. The van der Waals surface area contributed by atoms with Crippen LogP contribution in [0.4, 0.5) is 19.2 Å². The van der Waals surface area contributed by atoms with Crippen LogP contribution in [0.5, 0.6) is 0 Å². The van der Waals surface area contributed by atoms with E-state index in [9.17, 15) is 13.2 Å². The van der Waals surface area contributed by atoms with Gasteiger partial charge in [0.2, 0.25) is 5.89 Å². The first-order valence-electron chi connectivity index (χ1n) is 5.12. The van der Waals surface area contributed by atoms with E-state index in [2.05, 4.69) is 10.2 Å². The van der Waals surface area contributed by atoms with Gasteiger partial charge in [-0.3, -0.25) is 0 Å². The van der Waals surface area contributed by atoms with Crippen LogP contribution in [0.2, 0.25) is 0 Å². The first-order chi connectivity index (χ1) is 7.47. The standard InChI is InChI=1S/C9H12F3N3O/c10-9(11,12)6-3-1-2-5(4-6)7-14-15-8(13)16-7/h5-6H,1-4H2,(H2,13,15)/t5-,6+/m0/s1. The Morgan fingerprint density at radius 1 is 1.25 bits per heavy atom. The summed E-state index contributed by atoms with van der Waals surface area (Å²) in [5.74, 6) is -1.35. The summed E-state index contributed by atoms with van der Waals surface area (Å²) in [6.07, 6.45) is -2.76. The molecule has 16 heavy (non-hydrogen) atoms. The van der Waals surface area contributed by atoms with Crippen molar-refractivity contribution in [2.75, 3.05) is 5.73 Å². The molecule has 1 heterocycles. The number of anilines is 1. The van der Waals surface area contributed by atoms with Crippen LogP contribution in [0.15, 0.2) is 4.42 Å². The van der Waals surface area contributed by atoms with Gasteiger partial charge in [0.05, 0.1) is 5.92 Å². The van der Waals surface area contributed by atoms with Crippen molar-refractivity contribution in [2.45, 2.75) is 37.8 Å². The maximum absolute atomic E-state index is 12.5. The molecule has 1 aromatic heterocycles. The van der Waals surface area contributed by atoms with Crippen molar-refractivity contribution in [1.29, 1.82) is 0 Å². The molecule has 1 aliphatic carbocycles. The van der Waals surface area contributed by atoms with Crippen molar-refractivity contribution in [3.8, 4) is 0 Å². The van der Waals surface area contributed by atoms with Crippen LogP contribution >= 0.6 is 0 Å². The third-order valence-electron chi connectivity index (χ3n) is 2.94. The minimum absolute atomic E-state index is 0.0190. The Kier molecular flexibility index (Phi) is 2.77. The van der Waals surface area contributed by atoms with E-state index in [1.807, 2.05) is 0 Å². The Morgan fingerprint density at radius 2 is 2.00 bits per heavy atom. The Hall–Kier alpha value is -1.27. The Morgan fingerprint density at radius 3 is 2.56 bits per heavy atom. The van der Waals surface area contributed by atoms with Gasteiger partial charge in [0.25, 0.3) is 0 Å². The van der Waals surface area contributed by atoms with Crippen LogP contribution in [0.3, 0.4) is 0 Å². The first-order valence-corrected chi connectivity index (χ1v) is 5.12. The molecule has 1 aromatic rings. The van der Waals surface area contributed by atoms with Crippen LogP contribution in [-0.4, -0.2) is 16.4 Å². The summed E-state index contributed by atoms with van der Waals surface area (Å²) in [7, 11) is 0. The highest BCUT2D eigenvalue weighted by molar-refractivity contribution is 5.07. The molecule has 1 aliphatic rings. The Labute approximate surface area is 90.0 Å². The lowest BCUT2D eigenvalue weighted by Gasteiger charge is -2.28. The highest BCUT2D eigenvalue weighted by atomic mass is 19.4. The van der Waals surface area contributed by atoms with Gasteiger partial charge in [-0.15, -0.1) is 5.10 Å². The van der Waals surface area contributed by atoms with Crippen LogP contribution in [0.1, 0.15) is 37.5 Å². The van der Waals surface area contributed by atoms with Crippen molar-refractivity contribution in [2.24, 2.45) is 5.92 Å². The maximum atomic E-state index is 12.5. The lowest BCUT2D eigenvalue weighted by Crippen LogP contribution is -2.28. The van der Waals surface area contributed by atoms with Gasteiger partial charge in [0.15, 0.2) is 0 Å². The Balaban J connectivity index is 2.07. The van der Waals surface area contributed by atoms with Crippen molar-refractivity contribution in [3.63, 3.8) is 0 Å². The fraction of sp³-hybridized carbons (Fsp3) is 0.778. The summed E-state index contributed by atoms with van der Waals surface area (Å²) in [6.45, 7) is 0. The molecule has 1 fully saturated rings. The smallest absolute Gasteiger partial charge is 0.391 e. The second kappa shape index (κ2) is 3.95. The van der Waals surface area contributed by atoms with Crippen molar-refractivity contribution >= 4 is 6.01 Å². The predicted molar refractivity (Wildman–Crippen MR) is 49.5 cm³/mol. The summed E-state index contributed by atoms with van der Waals surface area (Å²) in [5, 5.41) is 7.11. The quantitative estimate of drug-likeness (QED) is 0.812. The number of halogens is 3. The molecule has 0 spiro atoms. The minimum atomic E-state index is -4.13. The molecule has 2 atom stereocenters. The number of nitrogens with zero attached hydrogens (tertiary/aromatic N) is 2. The zero-order valence-electron chi connectivity index (χ0n) is 8.50. The maximum Gasteiger partial charge on any atom is 0.391 e. The van der Waals surface area contributed by atoms with E-state index in [4.69, 9.17) is 10.2 Å². The van der Waals surface area contributed by atoms with Gasteiger partial charge >= 0.3 is 12.2 Å². The molecule has 0 amide bonds. The third-order valence-corrected chi connectivity index (χ3v) is 2.94. The number of alkyl halides is 3. The van der Waals surface area contributed by atoms with E-state index in [1.54, 1.807) is 0 Å². The predicted octanol–water partition coefficient (Wildman–Crippen LogP) is 2.49. The molecule has 0 bridgehead atoms. The fourth-order valence-electron chi connectivity index (χ4n) is 2.12. The van der Waals surface area contributed by atoms with E-state index < -0.39 is 12.1 Å². The van der Waals surface area contributed by atoms with Gasteiger partial charge in [0, 0.05) is 5.92 Å². The average Bonchev–Trinajstić information content (AvgIpc) is 2.64. The number of nitrogens with two attached hydrogens (primary N) is 1. The van der Waals surface area contributed by atoms with Gasteiger partial charge in [0.1, 0.15) is 0 Å². The van der Waals surface area contributed by atoms with E-state index >= 15 is 0 Å². The molecule has 2 N–H and O–H groups in total. The number of aromatic nitrogens is 2. The second-order valence-corrected chi connectivity index (χ2v) is 4.08. The summed E-state index contributed by atoms with van der Waals surface area (Å²) in [6, 6.07) is -0.0934. The molecule has 0 unspecified atom stereocenters. The molecule has 0 saturated heterocycles. The molecular weight excluding hydrogens is 223 g/mol. The molecule has 7 heteroatoms. The SMILES string of the molecule is Nc1nnc([C@H]2CCC[C@@H](C(F)(F)F)C2)o1. The highest BCUT2D eigenvalue weighted by Crippen LogP contribution is 2.43. The van der Waals surface area contributed by atoms with Crippen LogP contribution in [0, 0.1) is 5.92 Å². The summed E-state index contributed by atoms with van der Waals surface area (Å²) in [5.41, 5.74) is 5.24. The second-order valence-electron chi connectivity index (χ2n) is 4.08. The van der Waals surface area contributed by atoms with Gasteiger partial charge in [-0.1, -0.05) is 11.5 Å². The Bertz CT molecular complexity index is 363. The molecule has 0 aromatic carbocycles. The zero-order valence-corrected chi connectivity index (χ0v) is 8.50. The number of nitrogen functional groups attached to an aromatic ring is 1. The third kappa shape index (κ3) is 2.28. The topological polar surface area (TPSA) is 64.9 Å². The van der Waals surface area contributed by atoms with E-state index in [-0.39, 0.29) is 30.7 Å². The summed E-state index contributed by atoms with van der Waals surface area (Å²) >= 11 is 0. The van der Waals surface area contributed by atoms with E-state index in [0.717, 1.165) is 0 Å². The van der Waals surface area contributed by atoms with Gasteiger partial charge in [-0.25, -0.2) is 0 Å². The normalized spacial score (nSPS) is 26.9. The summed E-state index contributed by atoms with van der Waals surface area (Å²) < 4.78 is 42.6. The fourth-order valence-corrected chi connectivity index (χ4v) is 2.12. The highest BCUT2D eigenvalue weighted by Gasteiger charge is 2.43. The van der Waals surface area contributed by atoms with Crippen LogP contribution in [0.25, 0.3) is 0 Å². The van der Waals surface area contributed by atoms with Crippen LogP contribution in [-0.2, 0) is 0 Å². The van der Waals surface area contributed by atoms with Gasteiger partial charge in [-0.2, -0.15) is 13.2 Å². The molecule has 1 saturated carbocycles. The van der Waals surface area contributed by atoms with E-state index in [1.165, 1.54) is 0 Å².